The molecule has 4 nitrogen and oxygen atoms in total. The van der Waals surface area contributed by atoms with Crippen LogP contribution in [-0.4, -0.2) is 33.6 Å². The average Bonchev–Trinajstić information content (AvgIpc) is 2.43. The van der Waals surface area contributed by atoms with Gasteiger partial charge in [-0.3, -0.25) is 9.00 Å². The zero-order valence-corrected chi connectivity index (χ0v) is 12.4. The summed E-state index contributed by atoms with van der Waals surface area (Å²) >= 11 is 0. The molecule has 5 heteroatoms. The van der Waals surface area contributed by atoms with Crippen molar-refractivity contribution in [2.75, 3.05) is 12.4 Å². The highest BCUT2D eigenvalue weighted by molar-refractivity contribution is 7.85. The highest BCUT2D eigenvalue weighted by atomic mass is 32.2. The molecule has 0 heterocycles. The number of rotatable bonds is 6. The number of benzene rings is 1. The number of hydrogen-bond donors (Lipinski definition) is 2. The van der Waals surface area contributed by atoms with Gasteiger partial charge in [-0.15, -0.1) is 0 Å². The summed E-state index contributed by atoms with van der Waals surface area (Å²) in [5, 5.41) is 12.0. The van der Waals surface area contributed by atoms with Gasteiger partial charge in [-0.25, -0.2) is 0 Å². The van der Waals surface area contributed by atoms with Crippen molar-refractivity contribution in [1.82, 2.24) is 5.32 Å². The van der Waals surface area contributed by atoms with Gasteiger partial charge in [-0.05, 0) is 18.1 Å². The fraction of sp³-hybridized carbons (Fsp3) is 0.500. The van der Waals surface area contributed by atoms with Gasteiger partial charge in [0.2, 0.25) is 0 Å². The Morgan fingerprint density at radius 2 is 2.00 bits per heavy atom. The third-order valence-corrected chi connectivity index (χ3v) is 4.33. The molecule has 0 aliphatic carbocycles. The minimum Gasteiger partial charge on any atom is -0.394 e. The zero-order chi connectivity index (χ0) is 14.4. The Hall–Kier alpha value is -1.20. The third-order valence-electron chi connectivity index (χ3n) is 2.96. The van der Waals surface area contributed by atoms with Gasteiger partial charge in [-0.2, -0.15) is 0 Å². The van der Waals surface area contributed by atoms with Crippen LogP contribution in [0.5, 0.6) is 0 Å². The van der Waals surface area contributed by atoms with Gasteiger partial charge in [0.25, 0.3) is 5.91 Å². The minimum absolute atomic E-state index is 0.109. The molecule has 19 heavy (non-hydrogen) atoms. The van der Waals surface area contributed by atoms with E-state index in [9.17, 15) is 14.1 Å². The van der Waals surface area contributed by atoms with Crippen LogP contribution in [0.2, 0.25) is 0 Å². The lowest BCUT2D eigenvalue weighted by Gasteiger charge is -2.20. The summed E-state index contributed by atoms with van der Waals surface area (Å²) in [6.45, 7) is 5.56. The van der Waals surface area contributed by atoms with Gasteiger partial charge in [0.1, 0.15) is 0 Å². The van der Waals surface area contributed by atoms with Crippen molar-refractivity contribution in [3.05, 3.63) is 29.8 Å². The number of carbonyl (C=O) groups is 1. The fourth-order valence-corrected chi connectivity index (χ4v) is 2.62. The molecule has 0 aliphatic rings. The summed E-state index contributed by atoms with van der Waals surface area (Å²) in [6, 6.07) is 6.58. The maximum Gasteiger partial charge on any atom is 0.252 e. The van der Waals surface area contributed by atoms with E-state index in [1.165, 1.54) is 0 Å². The van der Waals surface area contributed by atoms with Crippen LogP contribution in [0.1, 0.15) is 31.1 Å². The second kappa shape index (κ2) is 7.40. The molecule has 1 amide bonds. The van der Waals surface area contributed by atoms with Gasteiger partial charge >= 0.3 is 0 Å². The van der Waals surface area contributed by atoms with Gasteiger partial charge in [0.15, 0.2) is 0 Å². The van der Waals surface area contributed by atoms with Crippen LogP contribution < -0.4 is 5.32 Å². The quantitative estimate of drug-likeness (QED) is 0.832. The van der Waals surface area contributed by atoms with Gasteiger partial charge < -0.3 is 10.4 Å². The van der Waals surface area contributed by atoms with Gasteiger partial charge in [0.05, 0.1) is 33.9 Å². The average molecular weight is 283 g/mol. The van der Waals surface area contributed by atoms with E-state index in [-0.39, 0.29) is 24.5 Å². The normalized spacial score (nSPS) is 14.2. The second-order valence-corrected chi connectivity index (χ2v) is 6.35. The maximum atomic E-state index is 12.2. The van der Waals surface area contributed by atoms with Crippen LogP contribution in [0, 0.1) is 5.92 Å². The molecule has 0 fully saturated rings. The Morgan fingerprint density at radius 1 is 1.37 bits per heavy atom. The molecule has 1 rings (SSSR count). The second-order valence-electron chi connectivity index (χ2n) is 4.64. The lowest BCUT2D eigenvalue weighted by Crippen LogP contribution is -2.41. The summed E-state index contributed by atoms with van der Waals surface area (Å²) in [6.07, 6.45) is 0. The van der Waals surface area contributed by atoms with E-state index in [0.717, 1.165) is 0 Å². The maximum absolute atomic E-state index is 12.2. The summed E-state index contributed by atoms with van der Waals surface area (Å²) in [4.78, 5) is 12.7. The topological polar surface area (TPSA) is 66.4 Å². The predicted molar refractivity (Wildman–Crippen MR) is 76.6 cm³/mol. The van der Waals surface area contributed by atoms with Crippen LogP contribution in [-0.2, 0) is 10.8 Å². The van der Waals surface area contributed by atoms with Crippen molar-refractivity contribution < 1.29 is 14.1 Å². The molecular formula is C14H21NO3S. The Balaban J connectivity index is 2.97. The Morgan fingerprint density at radius 3 is 2.53 bits per heavy atom. The molecular weight excluding hydrogens is 262 g/mol. The van der Waals surface area contributed by atoms with Crippen LogP contribution in [0.3, 0.4) is 0 Å². The molecule has 0 unspecified atom stereocenters. The molecule has 0 spiro atoms. The smallest absolute Gasteiger partial charge is 0.252 e. The number of carbonyl (C=O) groups excluding carboxylic acids is 1. The van der Waals surface area contributed by atoms with Crippen molar-refractivity contribution in [1.29, 1.82) is 0 Å². The van der Waals surface area contributed by atoms with E-state index in [1.54, 1.807) is 24.3 Å². The summed E-state index contributed by atoms with van der Waals surface area (Å²) in [5.41, 5.74) is 0.418. The van der Waals surface area contributed by atoms with Gasteiger partial charge in [0, 0.05) is 5.75 Å². The first-order chi connectivity index (χ1) is 9.01. The van der Waals surface area contributed by atoms with E-state index in [2.05, 4.69) is 5.32 Å². The van der Waals surface area contributed by atoms with E-state index < -0.39 is 10.8 Å². The van der Waals surface area contributed by atoms with Crippen molar-refractivity contribution in [2.24, 2.45) is 5.92 Å². The Labute approximate surface area is 116 Å². The summed E-state index contributed by atoms with van der Waals surface area (Å²) in [7, 11) is -1.17. The SMILES string of the molecule is CC[S@@](=O)c1ccccc1C(=O)N[C@H](CO)C(C)C. The number of hydrogen-bond acceptors (Lipinski definition) is 3. The zero-order valence-electron chi connectivity index (χ0n) is 11.6. The van der Waals surface area contributed by atoms with Crippen LogP contribution in [0.4, 0.5) is 0 Å². The minimum atomic E-state index is -1.17. The molecule has 1 aromatic rings. The van der Waals surface area contributed by atoms with E-state index in [1.807, 2.05) is 20.8 Å². The molecule has 2 atom stereocenters. The van der Waals surface area contributed by atoms with Crippen LogP contribution in [0.25, 0.3) is 0 Å². The Kier molecular flexibility index (Phi) is 6.18. The lowest BCUT2D eigenvalue weighted by molar-refractivity contribution is 0.0893. The first kappa shape index (κ1) is 15.9. The summed E-state index contributed by atoms with van der Waals surface area (Å²) in [5.74, 6) is 0.320. The molecule has 0 radical (unpaired) electrons. The molecule has 2 N–H and O–H groups in total. The standard InChI is InChI=1S/C14H21NO3S/c1-4-19(18)13-8-6-5-7-11(13)14(17)15-12(9-16)10(2)3/h5-8,10,12,16H,4,9H2,1-3H3,(H,15,17)/t12-,19-/m1/s1. The number of nitrogens with one attached hydrogen (secondary N) is 1. The molecule has 0 saturated heterocycles. The highest BCUT2D eigenvalue weighted by Gasteiger charge is 2.19. The number of amides is 1. The molecule has 1 aromatic carbocycles. The molecule has 106 valence electrons. The Bertz CT molecular complexity index is 460. The van der Waals surface area contributed by atoms with E-state index in [0.29, 0.717) is 16.2 Å². The van der Waals surface area contributed by atoms with Crippen molar-refractivity contribution in [3.8, 4) is 0 Å². The first-order valence-corrected chi connectivity index (χ1v) is 7.72. The predicted octanol–water partition coefficient (Wildman–Crippen LogP) is 1.56. The van der Waals surface area contributed by atoms with Crippen molar-refractivity contribution in [3.63, 3.8) is 0 Å². The highest BCUT2D eigenvalue weighted by Crippen LogP contribution is 2.14. The van der Waals surface area contributed by atoms with Crippen molar-refractivity contribution >= 4 is 16.7 Å². The van der Waals surface area contributed by atoms with Gasteiger partial charge in [-0.1, -0.05) is 32.9 Å². The van der Waals surface area contributed by atoms with E-state index >= 15 is 0 Å². The summed E-state index contributed by atoms with van der Waals surface area (Å²) < 4.78 is 11.9. The van der Waals surface area contributed by atoms with E-state index in [4.69, 9.17) is 0 Å². The van der Waals surface area contributed by atoms with Crippen molar-refractivity contribution in [2.45, 2.75) is 31.7 Å². The first-order valence-electron chi connectivity index (χ1n) is 6.40. The van der Waals surface area contributed by atoms with Crippen LogP contribution >= 0.6 is 0 Å². The fourth-order valence-electron chi connectivity index (χ4n) is 1.68. The molecule has 0 aromatic heterocycles. The third kappa shape index (κ3) is 4.14. The molecule has 0 saturated carbocycles. The monoisotopic (exact) mass is 283 g/mol. The number of aliphatic hydroxyl groups excluding tert-OH is 1. The largest absolute Gasteiger partial charge is 0.394 e. The molecule has 0 bridgehead atoms. The van der Waals surface area contributed by atoms with Crippen LogP contribution in [0.15, 0.2) is 29.2 Å². The number of aliphatic hydroxyl groups is 1. The lowest BCUT2D eigenvalue weighted by atomic mass is 10.0. The molecule has 0 aliphatic heterocycles.